The van der Waals surface area contributed by atoms with Gasteiger partial charge in [0, 0.05) is 10.4 Å². The van der Waals surface area contributed by atoms with Crippen molar-refractivity contribution < 1.29 is 9.90 Å². The van der Waals surface area contributed by atoms with Gasteiger partial charge in [0.2, 0.25) is 0 Å². The van der Waals surface area contributed by atoms with E-state index in [0.717, 1.165) is 22.1 Å². The van der Waals surface area contributed by atoms with E-state index < -0.39 is 5.97 Å². The molecule has 24 heavy (non-hydrogen) atoms. The van der Waals surface area contributed by atoms with E-state index in [4.69, 9.17) is 11.6 Å². The van der Waals surface area contributed by atoms with Crippen molar-refractivity contribution in [3.63, 3.8) is 0 Å². The summed E-state index contributed by atoms with van der Waals surface area (Å²) in [5.41, 5.74) is 3.26. The first-order chi connectivity index (χ1) is 11.5. The van der Waals surface area contributed by atoms with Crippen LogP contribution < -0.4 is 5.32 Å². The van der Waals surface area contributed by atoms with Gasteiger partial charge in [0.15, 0.2) is 0 Å². The quantitative estimate of drug-likeness (QED) is 0.638. The summed E-state index contributed by atoms with van der Waals surface area (Å²) >= 11 is 9.94. The molecule has 2 aromatic carbocycles. The maximum atomic E-state index is 11.4. The van der Waals surface area contributed by atoms with Gasteiger partial charge in [0.05, 0.1) is 22.3 Å². The van der Waals surface area contributed by atoms with Crippen LogP contribution in [0.3, 0.4) is 0 Å². The number of allylic oxidation sites excluding steroid dienone is 2. The third-order valence-electron chi connectivity index (χ3n) is 4.88. The lowest BCUT2D eigenvalue weighted by Gasteiger charge is -2.38. The highest BCUT2D eigenvalue weighted by atomic mass is 79.9. The standard InChI is InChI=1S/C19H15BrClNO2/c20-12-4-1-3-10(7-12)17-14-6-2-5-13(14)15-8-11(19(23)24)9-16(21)18(15)22-17/h1-5,7-9,13-14,17,22H,6H2,(H,23,24)/t13-,14-,17-/m1/s1. The molecule has 2 N–H and O–H groups in total. The van der Waals surface area contributed by atoms with Gasteiger partial charge >= 0.3 is 5.97 Å². The smallest absolute Gasteiger partial charge is 0.335 e. The molecule has 1 aliphatic carbocycles. The second-order valence-corrected chi connectivity index (χ2v) is 7.58. The summed E-state index contributed by atoms with van der Waals surface area (Å²) in [6.07, 6.45) is 5.32. The molecule has 0 bridgehead atoms. The number of hydrogen-bond acceptors (Lipinski definition) is 2. The Morgan fingerprint density at radius 2 is 2.12 bits per heavy atom. The minimum atomic E-state index is -0.952. The largest absolute Gasteiger partial charge is 0.478 e. The van der Waals surface area contributed by atoms with Crippen LogP contribution in [0.1, 0.15) is 39.9 Å². The topological polar surface area (TPSA) is 49.3 Å². The SMILES string of the molecule is O=C(O)c1cc(Cl)c2c(c1)[C@@H]1C=CC[C@H]1[C@@H](c1cccc(Br)c1)N2. The lowest BCUT2D eigenvalue weighted by Crippen LogP contribution is -2.29. The van der Waals surface area contributed by atoms with E-state index in [1.54, 1.807) is 6.07 Å². The number of hydrogen-bond donors (Lipinski definition) is 2. The first-order valence-electron chi connectivity index (χ1n) is 7.80. The predicted molar refractivity (Wildman–Crippen MR) is 98.9 cm³/mol. The number of rotatable bonds is 2. The molecule has 2 aromatic rings. The number of anilines is 1. The number of carboxylic acids is 1. The van der Waals surface area contributed by atoms with Gasteiger partial charge < -0.3 is 10.4 Å². The van der Waals surface area contributed by atoms with E-state index in [1.807, 2.05) is 12.1 Å². The van der Waals surface area contributed by atoms with Crippen molar-refractivity contribution in [2.45, 2.75) is 18.4 Å². The molecule has 1 heterocycles. The molecule has 5 heteroatoms. The van der Waals surface area contributed by atoms with Gasteiger partial charge in [-0.1, -0.05) is 51.8 Å². The van der Waals surface area contributed by atoms with Gasteiger partial charge in [-0.05, 0) is 47.7 Å². The van der Waals surface area contributed by atoms with Crippen molar-refractivity contribution in [1.82, 2.24) is 0 Å². The molecular weight excluding hydrogens is 390 g/mol. The summed E-state index contributed by atoms with van der Waals surface area (Å²) in [6, 6.07) is 11.7. The van der Waals surface area contributed by atoms with Crippen molar-refractivity contribution in [3.8, 4) is 0 Å². The van der Waals surface area contributed by atoms with Crippen LogP contribution in [-0.2, 0) is 0 Å². The van der Waals surface area contributed by atoms with E-state index in [0.29, 0.717) is 10.9 Å². The highest BCUT2D eigenvalue weighted by molar-refractivity contribution is 9.10. The van der Waals surface area contributed by atoms with Crippen molar-refractivity contribution >= 4 is 39.2 Å². The Bertz CT molecular complexity index is 864. The number of benzene rings is 2. The average Bonchev–Trinajstić information content (AvgIpc) is 3.04. The number of halogens is 2. The zero-order chi connectivity index (χ0) is 16.8. The Hall–Kier alpha value is -1.78. The van der Waals surface area contributed by atoms with Crippen LogP contribution in [0.25, 0.3) is 0 Å². The van der Waals surface area contributed by atoms with Crippen LogP contribution in [0, 0.1) is 5.92 Å². The third-order valence-corrected chi connectivity index (χ3v) is 5.67. The predicted octanol–water partition coefficient (Wildman–Crippen LogP) is 5.63. The molecule has 0 radical (unpaired) electrons. The van der Waals surface area contributed by atoms with Gasteiger partial charge in [-0.2, -0.15) is 0 Å². The van der Waals surface area contributed by atoms with E-state index in [2.05, 4.69) is 45.5 Å². The highest BCUT2D eigenvalue weighted by Gasteiger charge is 2.39. The normalized spacial score (nSPS) is 24.2. The Morgan fingerprint density at radius 3 is 2.88 bits per heavy atom. The van der Waals surface area contributed by atoms with Crippen molar-refractivity contribution in [1.29, 1.82) is 0 Å². The summed E-state index contributed by atoms with van der Waals surface area (Å²) in [4.78, 5) is 11.4. The molecule has 0 spiro atoms. The Labute approximate surface area is 153 Å². The lowest BCUT2D eigenvalue weighted by atomic mass is 9.76. The lowest BCUT2D eigenvalue weighted by molar-refractivity contribution is 0.0696. The van der Waals surface area contributed by atoms with E-state index in [1.165, 1.54) is 11.6 Å². The maximum absolute atomic E-state index is 11.4. The summed E-state index contributed by atoms with van der Waals surface area (Å²) in [5.74, 6) is -0.415. The van der Waals surface area contributed by atoms with Gasteiger partial charge in [-0.15, -0.1) is 0 Å². The van der Waals surface area contributed by atoms with E-state index >= 15 is 0 Å². The van der Waals surface area contributed by atoms with Gasteiger partial charge in [0.1, 0.15) is 0 Å². The molecule has 4 rings (SSSR count). The van der Waals surface area contributed by atoms with E-state index in [-0.39, 0.29) is 17.5 Å². The molecule has 3 nitrogen and oxygen atoms in total. The van der Waals surface area contributed by atoms with Crippen LogP contribution in [0.5, 0.6) is 0 Å². The minimum Gasteiger partial charge on any atom is -0.478 e. The van der Waals surface area contributed by atoms with Gasteiger partial charge in [0.25, 0.3) is 0 Å². The van der Waals surface area contributed by atoms with Gasteiger partial charge in [-0.3, -0.25) is 0 Å². The summed E-state index contributed by atoms with van der Waals surface area (Å²) in [6.45, 7) is 0. The molecule has 0 unspecified atom stereocenters. The molecule has 122 valence electrons. The second kappa shape index (κ2) is 5.94. The molecule has 0 amide bonds. The number of carboxylic acid groups (broad SMARTS) is 1. The fourth-order valence-electron chi connectivity index (χ4n) is 3.81. The zero-order valence-electron chi connectivity index (χ0n) is 12.7. The van der Waals surface area contributed by atoms with Gasteiger partial charge in [-0.25, -0.2) is 4.79 Å². The number of aromatic carboxylic acids is 1. The summed E-state index contributed by atoms with van der Waals surface area (Å²) in [5, 5.41) is 13.3. The minimum absolute atomic E-state index is 0.142. The molecular formula is C19H15BrClNO2. The molecule has 1 aliphatic heterocycles. The Morgan fingerprint density at radius 1 is 1.29 bits per heavy atom. The number of carbonyl (C=O) groups is 1. The van der Waals surface area contributed by atoms with Crippen LogP contribution in [0.15, 0.2) is 53.0 Å². The van der Waals surface area contributed by atoms with Crippen molar-refractivity contribution in [2.24, 2.45) is 5.92 Å². The first kappa shape index (κ1) is 15.7. The number of nitrogens with one attached hydrogen (secondary N) is 1. The average molecular weight is 405 g/mol. The third kappa shape index (κ3) is 2.54. The fourth-order valence-corrected chi connectivity index (χ4v) is 4.51. The maximum Gasteiger partial charge on any atom is 0.335 e. The molecule has 3 atom stereocenters. The molecule has 0 saturated heterocycles. The monoisotopic (exact) mass is 403 g/mol. The summed E-state index contributed by atoms with van der Waals surface area (Å²) in [7, 11) is 0. The second-order valence-electron chi connectivity index (χ2n) is 6.26. The molecule has 0 fully saturated rings. The van der Waals surface area contributed by atoms with Crippen LogP contribution in [-0.4, -0.2) is 11.1 Å². The van der Waals surface area contributed by atoms with Crippen molar-refractivity contribution in [2.75, 3.05) is 5.32 Å². The first-order valence-corrected chi connectivity index (χ1v) is 8.97. The fraction of sp³-hybridized carbons (Fsp3) is 0.211. The highest BCUT2D eigenvalue weighted by Crippen LogP contribution is 2.51. The zero-order valence-corrected chi connectivity index (χ0v) is 15.0. The molecule has 0 aromatic heterocycles. The van der Waals surface area contributed by atoms with Crippen LogP contribution in [0.2, 0.25) is 5.02 Å². The van der Waals surface area contributed by atoms with Crippen LogP contribution in [0.4, 0.5) is 5.69 Å². The van der Waals surface area contributed by atoms with E-state index in [9.17, 15) is 9.90 Å². The van der Waals surface area contributed by atoms with Crippen molar-refractivity contribution in [3.05, 3.63) is 74.7 Å². The number of fused-ring (bicyclic) bond motifs is 3. The Balaban J connectivity index is 1.83. The Kier molecular flexibility index (Phi) is 3.89. The molecule has 2 aliphatic rings. The van der Waals surface area contributed by atoms with Crippen LogP contribution >= 0.6 is 27.5 Å². The summed E-state index contributed by atoms with van der Waals surface area (Å²) < 4.78 is 1.04. The molecule has 0 saturated carbocycles.